The predicted molar refractivity (Wildman–Crippen MR) is 103 cm³/mol. The highest BCUT2D eigenvalue weighted by atomic mass is 16.5. The van der Waals surface area contributed by atoms with Crippen LogP contribution in [-0.4, -0.2) is 25.6 Å². The van der Waals surface area contributed by atoms with Crippen LogP contribution in [0.2, 0.25) is 0 Å². The molecule has 0 aromatic heterocycles. The van der Waals surface area contributed by atoms with Crippen LogP contribution < -0.4 is 10.1 Å². The van der Waals surface area contributed by atoms with Gasteiger partial charge >= 0.3 is 5.97 Å². The van der Waals surface area contributed by atoms with Crippen molar-refractivity contribution in [2.45, 2.75) is 32.7 Å². The second-order valence-electron chi connectivity index (χ2n) is 6.98. The molecular weight excluding hydrogens is 342 g/mol. The van der Waals surface area contributed by atoms with Gasteiger partial charge in [-0.15, -0.1) is 0 Å². The average molecular weight is 367 g/mol. The second-order valence-corrected chi connectivity index (χ2v) is 6.98. The number of rotatable bonds is 7. The molecule has 0 heterocycles. The topological polar surface area (TPSA) is 64.6 Å². The van der Waals surface area contributed by atoms with Crippen LogP contribution in [0.1, 0.15) is 45.9 Å². The monoisotopic (exact) mass is 367 g/mol. The zero-order valence-electron chi connectivity index (χ0n) is 16.0. The Balaban J connectivity index is 1.59. The van der Waals surface area contributed by atoms with Crippen molar-refractivity contribution < 1.29 is 19.1 Å². The van der Waals surface area contributed by atoms with Gasteiger partial charge in [0.15, 0.2) is 6.61 Å². The number of benzene rings is 2. The van der Waals surface area contributed by atoms with Crippen LogP contribution in [0.4, 0.5) is 0 Å². The number of hydrogen-bond acceptors (Lipinski definition) is 4. The fourth-order valence-corrected chi connectivity index (χ4v) is 3.11. The minimum Gasteiger partial charge on any atom is -0.497 e. The highest BCUT2D eigenvalue weighted by Crippen LogP contribution is 2.41. The lowest BCUT2D eigenvalue weighted by Gasteiger charge is -2.19. The van der Waals surface area contributed by atoms with Crippen molar-refractivity contribution >= 4 is 11.9 Å². The van der Waals surface area contributed by atoms with E-state index in [2.05, 4.69) is 5.32 Å². The van der Waals surface area contributed by atoms with Gasteiger partial charge in [-0.25, -0.2) is 4.79 Å². The largest absolute Gasteiger partial charge is 0.497 e. The molecule has 0 radical (unpaired) electrons. The van der Waals surface area contributed by atoms with E-state index in [-0.39, 0.29) is 18.6 Å². The summed E-state index contributed by atoms with van der Waals surface area (Å²) in [5.74, 6) is 0.444. The summed E-state index contributed by atoms with van der Waals surface area (Å²) in [4.78, 5) is 24.6. The van der Waals surface area contributed by atoms with E-state index in [1.54, 1.807) is 13.2 Å². The van der Waals surface area contributed by atoms with Crippen LogP contribution in [0.15, 0.2) is 42.5 Å². The van der Waals surface area contributed by atoms with Gasteiger partial charge in [-0.1, -0.05) is 24.3 Å². The van der Waals surface area contributed by atoms with E-state index in [9.17, 15) is 9.59 Å². The first-order chi connectivity index (χ1) is 13.0. The summed E-state index contributed by atoms with van der Waals surface area (Å²) < 4.78 is 10.4. The molecule has 0 aliphatic heterocycles. The van der Waals surface area contributed by atoms with Crippen LogP contribution in [-0.2, 0) is 9.53 Å². The van der Waals surface area contributed by atoms with E-state index >= 15 is 0 Å². The van der Waals surface area contributed by atoms with Crippen LogP contribution in [0, 0.1) is 19.8 Å². The molecule has 0 saturated heterocycles. The van der Waals surface area contributed by atoms with E-state index in [0.29, 0.717) is 11.5 Å². The first kappa shape index (κ1) is 19.0. The second kappa shape index (κ2) is 8.25. The summed E-state index contributed by atoms with van der Waals surface area (Å²) in [5, 5.41) is 3.01. The number of hydrogen-bond donors (Lipinski definition) is 1. The third kappa shape index (κ3) is 4.67. The number of esters is 1. The van der Waals surface area contributed by atoms with Crippen molar-refractivity contribution in [1.82, 2.24) is 5.32 Å². The Morgan fingerprint density at radius 2 is 1.81 bits per heavy atom. The molecule has 5 nitrogen and oxygen atoms in total. The zero-order valence-corrected chi connectivity index (χ0v) is 16.0. The first-order valence-electron chi connectivity index (χ1n) is 9.16. The summed E-state index contributed by atoms with van der Waals surface area (Å²) in [7, 11) is 1.62. The molecule has 5 heteroatoms. The highest BCUT2D eigenvalue weighted by Gasteiger charge is 2.33. The minimum atomic E-state index is -0.473. The van der Waals surface area contributed by atoms with E-state index < -0.39 is 5.97 Å². The van der Waals surface area contributed by atoms with Crippen molar-refractivity contribution in [3.05, 3.63) is 64.7 Å². The lowest BCUT2D eigenvalue weighted by molar-refractivity contribution is -0.125. The number of ether oxygens (including phenoxy) is 2. The standard InChI is InChI=1S/C22H25NO4/c1-14-5-4-6-19(15(14)2)22(25)27-13-20(24)23-21(16-7-8-16)17-9-11-18(26-3)12-10-17/h4-6,9-12,16,21H,7-8,13H2,1-3H3,(H,23,24). The predicted octanol–water partition coefficient (Wildman–Crippen LogP) is 3.74. The van der Waals surface area contributed by atoms with Gasteiger partial charge in [-0.3, -0.25) is 4.79 Å². The van der Waals surface area contributed by atoms with Gasteiger partial charge in [0.25, 0.3) is 5.91 Å². The molecule has 1 aliphatic rings. The molecule has 0 spiro atoms. The third-order valence-corrected chi connectivity index (χ3v) is 5.04. The Morgan fingerprint density at radius 3 is 2.44 bits per heavy atom. The Morgan fingerprint density at radius 1 is 1.11 bits per heavy atom. The molecule has 27 heavy (non-hydrogen) atoms. The third-order valence-electron chi connectivity index (χ3n) is 5.04. The number of nitrogens with one attached hydrogen (secondary N) is 1. The van der Waals surface area contributed by atoms with Crippen molar-refractivity contribution in [1.29, 1.82) is 0 Å². The fourth-order valence-electron chi connectivity index (χ4n) is 3.11. The lowest BCUT2D eigenvalue weighted by atomic mass is 10.0. The number of carbonyl (C=O) groups is 2. The summed E-state index contributed by atoms with van der Waals surface area (Å²) in [5.41, 5.74) is 3.42. The van der Waals surface area contributed by atoms with E-state index in [0.717, 1.165) is 35.3 Å². The van der Waals surface area contributed by atoms with E-state index in [1.807, 2.05) is 50.2 Å². The fraction of sp³-hybridized carbons (Fsp3) is 0.364. The maximum Gasteiger partial charge on any atom is 0.338 e. The lowest BCUT2D eigenvalue weighted by Crippen LogP contribution is -2.33. The van der Waals surface area contributed by atoms with Crippen LogP contribution in [0.5, 0.6) is 5.75 Å². The van der Waals surface area contributed by atoms with Gasteiger partial charge in [0, 0.05) is 0 Å². The Bertz CT molecular complexity index is 825. The van der Waals surface area contributed by atoms with Crippen molar-refractivity contribution in [2.75, 3.05) is 13.7 Å². The van der Waals surface area contributed by atoms with Gasteiger partial charge in [-0.2, -0.15) is 0 Å². The molecule has 2 aromatic rings. The van der Waals surface area contributed by atoms with Crippen molar-refractivity contribution in [3.63, 3.8) is 0 Å². The summed E-state index contributed by atoms with van der Waals surface area (Å²) >= 11 is 0. The molecular formula is C22H25NO4. The zero-order chi connectivity index (χ0) is 19.4. The van der Waals surface area contributed by atoms with Crippen LogP contribution in [0.3, 0.4) is 0 Å². The van der Waals surface area contributed by atoms with E-state index in [4.69, 9.17) is 9.47 Å². The molecule has 1 saturated carbocycles. The van der Waals surface area contributed by atoms with Crippen molar-refractivity contribution in [2.24, 2.45) is 5.92 Å². The average Bonchev–Trinajstić information content (AvgIpc) is 3.51. The maximum absolute atomic E-state index is 12.4. The molecule has 0 bridgehead atoms. The molecule has 2 aromatic carbocycles. The molecule has 1 N–H and O–H groups in total. The molecule has 1 atom stereocenters. The van der Waals surface area contributed by atoms with Crippen LogP contribution >= 0.6 is 0 Å². The number of aryl methyl sites for hydroxylation is 1. The molecule has 1 amide bonds. The Kier molecular flexibility index (Phi) is 5.79. The minimum absolute atomic E-state index is 0.0668. The molecule has 1 unspecified atom stereocenters. The quantitative estimate of drug-likeness (QED) is 0.757. The summed E-state index contributed by atoms with van der Waals surface area (Å²) in [6.45, 7) is 3.53. The van der Waals surface area contributed by atoms with E-state index in [1.165, 1.54) is 0 Å². The highest BCUT2D eigenvalue weighted by molar-refractivity contribution is 5.93. The maximum atomic E-state index is 12.4. The Hall–Kier alpha value is -2.82. The molecule has 3 rings (SSSR count). The number of amides is 1. The van der Waals surface area contributed by atoms with Gasteiger partial charge in [0.05, 0.1) is 18.7 Å². The SMILES string of the molecule is COc1ccc(C(NC(=O)COC(=O)c2cccc(C)c2C)C2CC2)cc1. The smallest absolute Gasteiger partial charge is 0.338 e. The van der Waals surface area contributed by atoms with Gasteiger partial charge in [0.1, 0.15) is 5.75 Å². The summed E-state index contributed by atoms with van der Waals surface area (Å²) in [6, 6.07) is 13.1. The number of methoxy groups -OCH3 is 1. The van der Waals surface area contributed by atoms with Gasteiger partial charge in [0.2, 0.25) is 0 Å². The Labute approximate surface area is 159 Å². The normalized spacial score (nSPS) is 14.3. The van der Waals surface area contributed by atoms with Crippen LogP contribution in [0.25, 0.3) is 0 Å². The van der Waals surface area contributed by atoms with Gasteiger partial charge < -0.3 is 14.8 Å². The molecule has 1 fully saturated rings. The van der Waals surface area contributed by atoms with Gasteiger partial charge in [-0.05, 0) is 67.5 Å². The number of carbonyl (C=O) groups excluding carboxylic acids is 2. The molecule has 142 valence electrons. The summed E-state index contributed by atoms with van der Waals surface area (Å²) in [6.07, 6.45) is 2.17. The molecule has 1 aliphatic carbocycles. The van der Waals surface area contributed by atoms with Crippen molar-refractivity contribution in [3.8, 4) is 5.75 Å². The first-order valence-corrected chi connectivity index (χ1v) is 9.16.